The molecular weight excluding hydrogens is 412 g/mol. The highest BCUT2D eigenvalue weighted by molar-refractivity contribution is 6.06. The van der Waals surface area contributed by atoms with Crippen LogP contribution in [0.1, 0.15) is 59.4 Å². The molecule has 1 saturated carbocycles. The quantitative estimate of drug-likeness (QED) is 0.576. The fourth-order valence-corrected chi connectivity index (χ4v) is 5.09. The average Bonchev–Trinajstić information content (AvgIpc) is 3.10. The molecule has 5 nitrogen and oxygen atoms in total. The fourth-order valence-electron chi connectivity index (χ4n) is 5.09. The van der Waals surface area contributed by atoms with Gasteiger partial charge in [-0.2, -0.15) is 0 Å². The third-order valence-corrected chi connectivity index (χ3v) is 6.68. The minimum absolute atomic E-state index is 0.0870. The molecular formula is C25H25F2N3O2. The Morgan fingerprint density at radius 1 is 1.09 bits per heavy atom. The van der Waals surface area contributed by atoms with Gasteiger partial charge in [0.25, 0.3) is 5.91 Å². The average molecular weight is 437 g/mol. The van der Waals surface area contributed by atoms with Gasteiger partial charge in [-0.25, -0.2) is 8.78 Å². The van der Waals surface area contributed by atoms with Crippen molar-refractivity contribution >= 4 is 28.4 Å². The first-order valence-corrected chi connectivity index (χ1v) is 11.1. The number of amides is 1. The number of anilines is 1. The fraction of sp³-hybridized carbons (Fsp3) is 0.360. The molecule has 2 heterocycles. The molecule has 0 unspecified atom stereocenters. The van der Waals surface area contributed by atoms with Gasteiger partial charge in [0.2, 0.25) is 11.8 Å². The van der Waals surface area contributed by atoms with Crippen molar-refractivity contribution in [2.45, 2.75) is 56.9 Å². The first kappa shape index (κ1) is 20.7. The maximum Gasteiger partial charge on any atom is 0.250 e. The van der Waals surface area contributed by atoms with Gasteiger partial charge >= 0.3 is 0 Å². The van der Waals surface area contributed by atoms with Gasteiger partial charge in [-0.05, 0) is 49.4 Å². The summed E-state index contributed by atoms with van der Waals surface area (Å²) in [6, 6.07) is 13.1. The van der Waals surface area contributed by atoms with Gasteiger partial charge in [-0.3, -0.25) is 14.2 Å². The highest BCUT2D eigenvalue weighted by Crippen LogP contribution is 2.40. The van der Waals surface area contributed by atoms with Crippen LogP contribution in [0.15, 0.2) is 42.5 Å². The zero-order chi connectivity index (χ0) is 22.5. The van der Waals surface area contributed by atoms with Crippen molar-refractivity contribution < 1.29 is 18.4 Å². The lowest BCUT2D eigenvalue weighted by molar-refractivity contribution is -0.0361. The Bertz CT molecular complexity index is 1220. The molecule has 0 atom stereocenters. The number of aromatic nitrogens is 1. The van der Waals surface area contributed by atoms with Gasteiger partial charge in [-0.1, -0.05) is 24.3 Å². The summed E-state index contributed by atoms with van der Waals surface area (Å²) < 4.78 is 29.0. The molecule has 3 aromatic rings. The number of nitrogens with one attached hydrogen (secondary N) is 1. The van der Waals surface area contributed by atoms with Crippen LogP contribution < -0.4 is 11.1 Å². The molecule has 166 valence electrons. The Balaban J connectivity index is 1.60. The summed E-state index contributed by atoms with van der Waals surface area (Å²) >= 11 is 0. The lowest BCUT2D eigenvalue weighted by atomic mass is 9.91. The van der Waals surface area contributed by atoms with E-state index in [-0.39, 0.29) is 24.8 Å². The maximum atomic E-state index is 13.6. The third kappa shape index (κ3) is 3.55. The second-order valence-corrected chi connectivity index (χ2v) is 8.82. The van der Waals surface area contributed by atoms with E-state index >= 15 is 0 Å². The van der Waals surface area contributed by atoms with E-state index in [0.29, 0.717) is 30.5 Å². The van der Waals surface area contributed by atoms with Gasteiger partial charge in [0.1, 0.15) is 0 Å². The number of hydrogen-bond donors (Lipinski definition) is 2. The highest BCUT2D eigenvalue weighted by atomic mass is 19.3. The van der Waals surface area contributed by atoms with Crippen LogP contribution in [-0.4, -0.2) is 28.3 Å². The number of nitrogens with two attached hydrogens (primary N) is 1. The Kier molecular flexibility index (Phi) is 4.99. The van der Waals surface area contributed by atoms with E-state index in [9.17, 15) is 18.4 Å². The first-order chi connectivity index (χ1) is 15.3. The summed E-state index contributed by atoms with van der Waals surface area (Å²) in [5, 5.41) is 4.28. The summed E-state index contributed by atoms with van der Waals surface area (Å²) in [6.07, 6.45) is 2.41. The van der Waals surface area contributed by atoms with Crippen molar-refractivity contribution in [2.75, 3.05) is 5.32 Å². The SMILES string of the molecule is NC(=O)c1ccc(-c2c3n(c4ccccc24)C(=O)CCC3)cc1NC1CCC(F)(F)CC1. The number of alkyl halides is 2. The van der Waals surface area contributed by atoms with E-state index in [0.717, 1.165) is 40.6 Å². The molecule has 1 aliphatic carbocycles. The van der Waals surface area contributed by atoms with Crippen LogP contribution in [-0.2, 0) is 6.42 Å². The number of carbonyl (C=O) groups excluding carboxylic acids is 2. The van der Waals surface area contributed by atoms with Gasteiger partial charge in [0.05, 0.1) is 11.1 Å². The number of fused-ring (bicyclic) bond motifs is 3. The van der Waals surface area contributed by atoms with Gasteiger partial charge < -0.3 is 11.1 Å². The summed E-state index contributed by atoms with van der Waals surface area (Å²) in [5.41, 5.74) is 10.2. The summed E-state index contributed by atoms with van der Waals surface area (Å²) in [5.74, 6) is -3.10. The molecule has 2 aliphatic rings. The van der Waals surface area contributed by atoms with Crippen LogP contribution in [0.4, 0.5) is 14.5 Å². The molecule has 1 aliphatic heterocycles. The zero-order valence-corrected chi connectivity index (χ0v) is 17.7. The summed E-state index contributed by atoms with van der Waals surface area (Å²) in [7, 11) is 0. The van der Waals surface area contributed by atoms with Crippen molar-refractivity contribution in [3.63, 3.8) is 0 Å². The Morgan fingerprint density at radius 2 is 1.84 bits per heavy atom. The summed E-state index contributed by atoms with van der Waals surface area (Å²) in [4.78, 5) is 24.8. The third-order valence-electron chi connectivity index (χ3n) is 6.68. The van der Waals surface area contributed by atoms with E-state index in [1.54, 1.807) is 6.07 Å². The molecule has 3 N–H and O–H groups in total. The van der Waals surface area contributed by atoms with Crippen molar-refractivity contribution in [1.82, 2.24) is 4.57 Å². The molecule has 1 aromatic heterocycles. The number of primary amides is 1. The lowest BCUT2D eigenvalue weighted by Gasteiger charge is -2.30. The van der Waals surface area contributed by atoms with E-state index < -0.39 is 11.8 Å². The maximum absolute atomic E-state index is 13.6. The van der Waals surface area contributed by atoms with E-state index in [4.69, 9.17) is 5.73 Å². The van der Waals surface area contributed by atoms with E-state index in [2.05, 4.69) is 5.32 Å². The smallest absolute Gasteiger partial charge is 0.250 e. The molecule has 32 heavy (non-hydrogen) atoms. The van der Waals surface area contributed by atoms with Gasteiger partial charge in [0, 0.05) is 47.6 Å². The summed E-state index contributed by atoms with van der Waals surface area (Å²) in [6.45, 7) is 0. The lowest BCUT2D eigenvalue weighted by Crippen LogP contribution is -2.32. The van der Waals surface area contributed by atoms with Crippen molar-refractivity contribution in [3.05, 3.63) is 53.7 Å². The van der Waals surface area contributed by atoms with Crippen LogP contribution in [0.5, 0.6) is 0 Å². The van der Waals surface area contributed by atoms with Crippen LogP contribution in [0.25, 0.3) is 22.0 Å². The van der Waals surface area contributed by atoms with Gasteiger partial charge in [-0.15, -0.1) is 0 Å². The number of carbonyl (C=O) groups is 2. The molecule has 1 amide bonds. The number of benzene rings is 2. The van der Waals surface area contributed by atoms with Crippen LogP contribution >= 0.6 is 0 Å². The van der Waals surface area contributed by atoms with Crippen molar-refractivity contribution in [2.24, 2.45) is 5.73 Å². The number of hydrogen-bond acceptors (Lipinski definition) is 3. The van der Waals surface area contributed by atoms with Crippen molar-refractivity contribution in [1.29, 1.82) is 0 Å². The Morgan fingerprint density at radius 3 is 2.59 bits per heavy atom. The monoisotopic (exact) mass is 437 g/mol. The normalized spacial score (nSPS) is 18.5. The number of nitrogens with zero attached hydrogens (tertiary/aromatic N) is 1. The minimum atomic E-state index is -2.62. The largest absolute Gasteiger partial charge is 0.382 e. The first-order valence-electron chi connectivity index (χ1n) is 11.1. The van der Waals surface area contributed by atoms with Gasteiger partial charge in [0.15, 0.2) is 0 Å². The molecule has 0 saturated heterocycles. The van der Waals surface area contributed by atoms with Crippen LogP contribution in [0.2, 0.25) is 0 Å². The van der Waals surface area contributed by atoms with Crippen LogP contribution in [0.3, 0.4) is 0 Å². The number of para-hydroxylation sites is 1. The van der Waals surface area contributed by atoms with E-state index in [1.165, 1.54) is 0 Å². The molecule has 2 aromatic carbocycles. The molecule has 7 heteroatoms. The topological polar surface area (TPSA) is 77.1 Å². The predicted molar refractivity (Wildman–Crippen MR) is 120 cm³/mol. The molecule has 0 bridgehead atoms. The van der Waals surface area contributed by atoms with Crippen LogP contribution in [0, 0.1) is 0 Å². The molecule has 0 radical (unpaired) electrons. The van der Waals surface area contributed by atoms with Crippen molar-refractivity contribution in [3.8, 4) is 11.1 Å². The highest BCUT2D eigenvalue weighted by Gasteiger charge is 2.35. The zero-order valence-electron chi connectivity index (χ0n) is 17.7. The number of rotatable bonds is 4. The predicted octanol–water partition coefficient (Wildman–Crippen LogP) is 5.37. The Labute approximate surface area is 184 Å². The minimum Gasteiger partial charge on any atom is -0.382 e. The molecule has 1 fully saturated rings. The standard InChI is InChI=1S/C25H25F2N3O2/c26-25(27)12-10-16(11-13-25)29-19-14-15(8-9-17(19)24(28)32)23-18-4-1-2-5-20(18)30-21(23)6-3-7-22(30)31/h1-2,4-5,8-9,14,16,29H,3,6-7,10-13H2,(H2,28,32). The Hall–Kier alpha value is -3.22. The second-order valence-electron chi connectivity index (χ2n) is 8.82. The van der Waals surface area contributed by atoms with E-state index in [1.807, 2.05) is 41.0 Å². The second kappa shape index (κ2) is 7.73. The number of halogens is 2. The molecule has 5 rings (SSSR count). The molecule has 0 spiro atoms.